The largest absolute Gasteiger partial charge is 0.353 e. The molecule has 9 heteroatoms. The number of hydrogen-bond acceptors (Lipinski definition) is 4. The fraction of sp³-hybridized carbons (Fsp3) is 0.182. The Morgan fingerprint density at radius 1 is 1.06 bits per heavy atom. The second kappa shape index (κ2) is 9.01. The highest BCUT2D eigenvalue weighted by Gasteiger charge is 2.22. The fourth-order valence-corrected chi connectivity index (χ4v) is 3.35. The van der Waals surface area contributed by atoms with E-state index in [0.29, 0.717) is 35.8 Å². The molecule has 0 unspecified atom stereocenters. The average molecular weight is 438 g/mol. The molecule has 3 amide bonds. The molecule has 158 valence electrons. The molecule has 0 radical (unpaired) electrons. The van der Waals surface area contributed by atoms with Gasteiger partial charge in [-0.15, -0.1) is 0 Å². The highest BCUT2D eigenvalue weighted by atomic mass is 35.5. The number of amides is 3. The molecule has 0 atom stereocenters. The van der Waals surface area contributed by atoms with Gasteiger partial charge in [-0.3, -0.25) is 14.4 Å². The average Bonchev–Trinajstić information content (AvgIpc) is 3.28. The van der Waals surface area contributed by atoms with Gasteiger partial charge in [-0.2, -0.15) is 5.10 Å². The van der Waals surface area contributed by atoms with E-state index in [2.05, 4.69) is 15.7 Å². The van der Waals surface area contributed by atoms with Gasteiger partial charge in [0.1, 0.15) is 0 Å². The van der Waals surface area contributed by atoms with Crippen molar-refractivity contribution in [2.45, 2.75) is 6.54 Å². The standard InChI is InChI=1S/C22H20ClN5O3/c23-18-5-7-19(8-6-18)28-13-17(12-26-28)21(30)25-11-15-1-3-16(4-2-15)22(31)27-10-9-24-20(29)14-27/h1-8,12-13H,9-11,14H2,(H,24,29)(H,25,30). The number of rotatable bonds is 5. The minimum absolute atomic E-state index is 0.0698. The van der Waals surface area contributed by atoms with Crippen LogP contribution in [-0.4, -0.2) is 52.0 Å². The van der Waals surface area contributed by atoms with Gasteiger partial charge in [-0.25, -0.2) is 4.68 Å². The molecule has 2 N–H and O–H groups in total. The van der Waals surface area contributed by atoms with E-state index in [-0.39, 0.29) is 24.3 Å². The molecule has 3 aromatic rings. The third-order valence-corrected chi connectivity index (χ3v) is 5.17. The Morgan fingerprint density at radius 3 is 2.52 bits per heavy atom. The van der Waals surface area contributed by atoms with Gasteiger partial charge in [0, 0.05) is 36.4 Å². The van der Waals surface area contributed by atoms with Gasteiger partial charge in [-0.05, 0) is 42.0 Å². The topological polar surface area (TPSA) is 96.3 Å². The zero-order valence-electron chi connectivity index (χ0n) is 16.5. The van der Waals surface area contributed by atoms with Crippen molar-refractivity contribution in [2.75, 3.05) is 19.6 Å². The normalized spacial score (nSPS) is 13.6. The number of carbonyl (C=O) groups is 3. The highest BCUT2D eigenvalue weighted by molar-refractivity contribution is 6.30. The van der Waals surface area contributed by atoms with Crippen LogP contribution in [0, 0.1) is 0 Å². The van der Waals surface area contributed by atoms with Gasteiger partial charge in [0.2, 0.25) is 5.91 Å². The maximum atomic E-state index is 12.5. The quantitative estimate of drug-likeness (QED) is 0.638. The predicted octanol–water partition coefficient (Wildman–Crippen LogP) is 2.03. The molecule has 2 aromatic carbocycles. The molecule has 0 bridgehead atoms. The lowest BCUT2D eigenvalue weighted by Crippen LogP contribution is -2.49. The van der Waals surface area contributed by atoms with E-state index >= 15 is 0 Å². The Balaban J connectivity index is 1.34. The van der Waals surface area contributed by atoms with Gasteiger partial charge >= 0.3 is 0 Å². The molecule has 0 spiro atoms. The summed E-state index contributed by atoms with van der Waals surface area (Å²) in [5.41, 5.74) is 2.60. The van der Waals surface area contributed by atoms with Crippen LogP contribution in [0.1, 0.15) is 26.3 Å². The lowest BCUT2D eigenvalue weighted by Gasteiger charge is -2.26. The van der Waals surface area contributed by atoms with Crippen molar-refractivity contribution in [3.63, 3.8) is 0 Å². The molecule has 8 nitrogen and oxygen atoms in total. The van der Waals surface area contributed by atoms with Crippen molar-refractivity contribution in [2.24, 2.45) is 0 Å². The zero-order chi connectivity index (χ0) is 21.8. The van der Waals surface area contributed by atoms with Gasteiger partial charge in [0.25, 0.3) is 11.8 Å². The van der Waals surface area contributed by atoms with Crippen molar-refractivity contribution in [1.29, 1.82) is 0 Å². The van der Waals surface area contributed by atoms with Gasteiger partial charge in [-0.1, -0.05) is 23.7 Å². The maximum Gasteiger partial charge on any atom is 0.254 e. The Bertz CT molecular complexity index is 1110. The number of benzene rings is 2. The van der Waals surface area contributed by atoms with Crippen LogP contribution >= 0.6 is 11.6 Å². The molecular weight excluding hydrogens is 418 g/mol. The SMILES string of the molecule is O=C1CN(C(=O)c2ccc(CNC(=O)c3cnn(-c4ccc(Cl)cc4)c3)cc2)CCN1. The molecule has 4 rings (SSSR count). The summed E-state index contributed by atoms with van der Waals surface area (Å²) in [5, 5.41) is 10.4. The summed E-state index contributed by atoms with van der Waals surface area (Å²) >= 11 is 5.90. The molecule has 1 fully saturated rings. The Labute approximate surface area is 183 Å². The monoisotopic (exact) mass is 437 g/mol. The molecule has 0 aliphatic carbocycles. The molecule has 1 aliphatic heterocycles. The van der Waals surface area contributed by atoms with Crippen LogP contribution in [0.15, 0.2) is 60.9 Å². The summed E-state index contributed by atoms with van der Waals surface area (Å²) in [6.07, 6.45) is 3.15. The first-order valence-corrected chi connectivity index (χ1v) is 10.1. The number of carbonyl (C=O) groups excluding carboxylic acids is 3. The molecule has 31 heavy (non-hydrogen) atoms. The van der Waals surface area contributed by atoms with E-state index in [1.807, 2.05) is 12.1 Å². The van der Waals surface area contributed by atoms with Crippen molar-refractivity contribution in [3.8, 4) is 5.69 Å². The summed E-state index contributed by atoms with van der Waals surface area (Å²) in [5.74, 6) is -0.585. The van der Waals surface area contributed by atoms with E-state index in [9.17, 15) is 14.4 Å². The summed E-state index contributed by atoms with van der Waals surface area (Å²) in [6, 6.07) is 14.1. The van der Waals surface area contributed by atoms with Crippen molar-refractivity contribution in [1.82, 2.24) is 25.3 Å². The summed E-state index contributed by atoms with van der Waals surface area (Å²) in [7, 11) is 0. The first-order valence-electron chi connectivity index (χ1n) is 9.73. The third-order valence-electron chi connectivity index (χ3n) is 4.92. The molecular formula is C22H20ClN5O3. The minimum Gasteiger partial charge on any atom is -0.353 e. The van der Waals surface area contributed by atoms with Gasteiger partial charge < -0.3 is 15.5 Å². The summed E-state index contributed by atoms with van der Waals surface area (Å²) in [6.45, 7) is 1.33. The van der Waals surface area contributed by atoms with Crippen LogP contribution in [0.4, 0.5) is 0 Å². The number of hydrogen-bond donors (Lipinski definition) is 2. The third kappa shape index (κ3) is 4.92. The fourth-order valence-electron chi connectivity index (χ4n) is 3.22. The second-order valence-electron chi connectivity index (χ2n) is 7.11. The zero-order valence-corrected chi connectivity index (χ0v) is 17.3. The molecule has 2 heterocycles. The van der Waals surface area contributed by atoms with Crippen molar-refractivity contribution in [3.05, 3.63) is 82.6 Å². The lowest BCUT2D eigenvalue weighted by atomic mass is 10.1. The molecule has 1 saturated heterocycles. The van der Waals surface area contributed by atoms with E-state index < -0.39 is 0 Å². The number of nitrogens with one attached hydrogen (secondary N) is 2. The highest BCUT2D eigenvalue weighted by Crippen LogP contribution is 2.14. The maximum absolute atomic E-state index is 12.5. The van der Waals surface area contributed by atoms with Crippen molar-refractivity contribution < 1.29 is 14.4 Å². The van der Waals surface area contributed by atoms with E-state index in [1.54, 1.807) is 47.3 Å². The van der Waals surface area contributed by atoms with Gasteiger partial charge in [0.05, 0.1) is 24.0 Å². The van der Waals surface area contributed by atoms with E-state index in [0.717, 1.165) is 11.3 Å². The summed E-state index contributed by atoms with van der Waals surface area (Å²) in [4.78, 5) is 37.9. The Hall–Kier alpha value is -3.65. The summed E-state index contributed by atoms with van der Waals surface area (Å²) < 4.78 is 1.60. The smallest absolute Gasteiger partial charge is 0.254 e. The number of nitrogens with zero attached hydrogens (tertiary/aromatic N) is 3. The van der Waals surface area contributed by atoms with Crippen LogP contribution in [0.5, 0.6) is 0 Å². The Kier molecular flexibility index (Phi) is 5.99. The predicted molar refractivity (Wildman–Crippen MR) is 115 cm³/mol. The van der Waals surface area contributed by atoms with Crippen LogP contribution in [0.25, 0.3) is 5.69 Å². The van der Waals surface area contributed by atoms with Crippen molar-refractivity contribution >= 4 is 29.3 Å². The Morgan fingerprint density at radius 2 is 1.81 bits per heavy atom. The van der Waals surface area contributed by atoms with E-state index in [4.69, 9.17) is 11.6 Å². The number of piperazine rings is 1. The molecule has 0 saturated carbocycles. The number of aromatic nitrogens is 2. The number of halogens is 1. The van der Waals surface area contributed by atoms with Gasteiger partial charge in [0.15, 0.2) is 0 Å². The van der Waals surface area contributed by atoms with Crippen LogP contribution in [0.2, 0.25) is 5.02 Å². The first-order chi connectivity index (χ1) is 15.0. The van der Waals surface area contributed by atoms with Crippen LogP contribution < -0.4 is 10.6 Å². The first kappa shape index (κ1) is 20.6. The lowest BCUT2D eigenvalue weighted by molar-refractivity contribution is -0.123. The van der Waals surface area contributed by atoms with Crippen LogP contribution in [-0.2, 0) is 11.3 Å². The van der Waals surface area contributed by atoms with Crippen LogP contribution in [0.3, 0.4) is 0 Å². The molecule has 1 aliphatic rings. The molecule has 1 aromatic heterocycles. The minimum atomic E-state index is -0.250. The second-order valence-corrected chi connectivity index (χ2v) is 7.54. The van der Waals surface area contributed by atoms with E-state index in [1.165, 1.54) is 11.1 Å².